The van der Waals surface area contributed by atoms with Crippen LogP contribution in [0.5, 0.6) is 0 Å². The maximum atomic E-state index is 13.4. The van der Waals surface area contributed by atoms with E-state index in [-0.39, 0.29) is 35.5 Å². The predicted molar refractivity (Wildman–Crippen MR) is 67.9 cm³/mol. The van der Waals surface area contributed by atoms with E-state index >= 15 is 0 Å². The van der Waals surface area contributed by atoms with E-state index in [0.29, 0.717) is 5.39 Å². The minimum Gasteiger partial charge on any atom is -0.450 e. The zero-order valence-electron chi connectivity index (χ0n) is 10.4. The van der Waals surface area contributed by atoms with Gasteiger partial charge in [0.1, 0.15) is 0 Å². The predicted octanol–water partition coefficient (Wildman–Crippen LogP) is 3.13. The molecule has 2 aromatic rings. The molecule has 2 rings (SSSR count). The molecule has 18 heavy (non-hydrogen) atoms. The van der Waals surface area contributed by atoms with Crippen LogP contribution in [-0.4, -0.2) is 11.8 Å². The second kappa shape index (κ2) is 4.90. The summed E-state index contributed by atoms with van der Waals surface area (Å²) in [7, 11) is 0. The Morgan fingerprint density at radius 2 is 2.17 bits per heavy atom. The third kappa shape index (κ3) is 2.43. The highest BCUT2D eigenvalue weighted by Gasteiger charge is 2.18. The summed E-state index contributed by atoms with van der Waals surface area (Å²) in [6, 6.07) is 5.95. The van der Waals surface area contributed by atoms with Crippen molar-refractivity contribution in [3.05, 3.63) is 35.8 Å². The lowest BCUT2D eigenvalue weighted by molar-refractivity contribution is 0.0942. The van der Waals surface area contributed by atoms with Crippen LogP contribution in [0.2, 0.25) is 0 Å². The minimum atomic E-state index is -0.459. The summed E-state index contributed by atoms with van der Waals surface area (Å²) in [5.41, 5.74) is 5.97. The number of rotatable bonds is 4. The fraction of sp³-hybridized carbons (Fsp3) is 0.357. The van der Waals surface area contributed by atoms with Crippen molar-refractivity contribution in [2.24, 2.45) is 11.7 Å². The Morgan fingerprint density at radius 3 is 2.78 bits per heavy atom. The lowest BCUT2D eigenvalue weighted by atomic mass is 9.99. The average molecular weight is 249 g/mol. The van der Waals surface area contributed by atoms with Gasteiger partial charge in [0.05, 0.1) is 0 Å². The Kier molecular flexibility index (Phi) is 3.48. The van der Waals surface area contributed by atoms with Crippen molar-refractivity contribution in [1.82, 2.24) is 0 Å². The number of halogens is 1. The van der Waals surface area contributed by atoms with E-state index in [2.05, 4.69) is 0 Å². The molecule has 1 atom stereocenters. The molecule has 0 aliphatic heterocycles. The first-order chi connectivity index (χ1) is 8.49. The normalized spacial score (nSPS) is 13.2. The molecule has 96 valence electrons. The van der Waals surface area contributed by atoms with E-state index in [0.717, 1.165) is 0 Å². The van der Waals surface area contributed by atoms with Crippen LogP contribution in [0.4, 0.5) is 4.39 Å². The molecule has 0 aliphatic rings. The van der Waals surface area contributed by atoms with E-state index < -0.39 is 5.82 Å². The van der Waals surface area contributed by atoms with E-state index in [1.54, 1.807) is 18.2 Å². The summed E-state index contributed by atoms with van der Waals surface area (Å²) in [4.78, 5) is 11.9. The molecule has 1 aromatic carbocycles. The van der Waals surface area contributed by atoms with Crippen LogP contribution < -0.4 is 5.73 Å². The largest absolute Gasteiger partial charge is 0.450 e. The molecule has 0 radical (unpaired) electrons. The second-order valence-corrected chi connectivity index (χ2v) is 4.80. The van der Waals surface area contributed by atoms with Gasteiger partial charge in [0.15, 0.2) is 22.9 Å². The minimum absolute atomic E-state index is 0.124. The van der Waals surface area contributed by atoms with Gasteiger partial charge in [-0.2, -0.15) is 0 Å². The summed E-state index contributed by atoms with van der Waals surface area (Å²) in [5.74, 6) is -0.257. The van der Waals surface area contributed by atoms with Gasteiger partial charge in [-0.25, -0.2) is 4.39 Å². The van der Waals surface area contributed by atoms with Crippen molar-refractivity contribution in [2.45, 2.75) is 26.3 Å². The summed E-state index contributed by atoms with van der Waals surface area (Å²) in [5, 5.41) is 0.594. The first-order valence-electron chi connectivity index (χ1n) is 5.96. The molecule has 2 N–H and O–H groups in total. The van der Waals surface area contributed by atoms with Gasteiger partial charge in [0.25, 0.3) is 0 Å². The molecule has 1 heterocycles. The van der Waals surface area contributed by atoms with E-state index in [1.165, 1.54) is 6.07 Å². The molecule has 3 nitrogen and oxygen atoms in total. The van der Waals surface area contributed by atoms with Crippen molar-refractivity contribution in [2.75, 3.05) is 0 Å². The van der Waals surface area contributed by atoms with E-state index in [4.69, 9.17) is 10.2 Å². The monoisotopic (exact) mass is 249 g/mol. The number of fused-ring (bicyclic) bond motifs is 1. The van der Waals surface area contributed by atoms with Gasteiger partial charge in [-0.15, -0.1) is 0 Å². The summed E-state index contributed by atoms with van der Waals surface area (Å²) in [6.07, 6.45) is 0.207. The van der Waals surface area contributed by atoms with Crippen LogP contribution in [0, 0.1) is 11.7 Å². The van der Waals surface area contributed by atoms with E-state index in [1.807, 2.05) is 13.8 Å². The molecule has 0 aliphatic carbocycles. The zero-order chi connectivity index (χ0) is 13.3. The highest BCUT2D eigenvalue weighted by Crippen LogP contribution is 2.23. The van der Waals surface area contributed by atoms with Crippen molar-refractivity contribution in [3.63, 3.8) is 0 Å². The Labute approximate surface area is 105 Å². The van der Waals surface area contributed by atoms with Gasteiger partial charge in [0, 0.05) is 17.8 Å². The number of Topliss-reactive ketones (excluding diaryl/α,β-unsaturated/α-hetero) is 1. The zero-order valence-corrected chi connectivity index (χ0v) is 10.4. The number of carbonyl (C=O) groups excluding carboxylic acids is 1. The highest BCUT2D eigenvalue weighted by molar-refractivity contribution is 5.97. The molecule has 0 saturated carbocycles. The third-order valence-electron chi connectivity index (χ3n) is 3.05. The summed E-state index contributed by atoms with van der Waals surface area (Å²) >= 11 is 0. The fourth-order valence-electron chi connectivity index (χ4n) is 1.72. The number of para-hydroxylation sites is 1. The van der Waals surface area contributed by atoms with Crippen molar-refractivity contribution in [3.8, 4) is 0 Å². The molecule has 1 unspecified atom stereocenters. The first-order valence-corrected chi connectivity index (χ1v) is 5.96. The van der Waals surface area contributed by atoms with Crippen LogP contribution >= 0.6 is 0 Å². The van der Waals surface area contributed by atoms with Crippen molar-refractivity contribution >= 4 is 16.8 Å². The smallest absolute Gasteiger partial charge is 0.199 e. The quantitative estimate of drug-likeness (QED) is 0.847. The molecular formula is C14H16FNO2. The van der Waals surface area contributed by atoms with Gasteiger partial charge in [-0.3, -0.25) is 4.79 Å². The first kappa shape index (κ1) is 12.8. The van der Waals surface area contributed by atoms with Gasteiger partial charge >= 0.3 is 0 Å². The van der Waals surface area contributed by atoms with Gasteiger partial charge in [-0.1, -0.05) is 26.0 Å². The molecule has 0 fully saturated rings. The molecule has 1 aromatic heterocycles. The van der Waals surface area contributed by atoms with Crippen LogP contribution in [-0.2, 0) is 0 Å². The summed E-state index contributed by atoms with van der Waals surface area (Å²) in [6.45, 7) is 3.91. The number of carbonyl (C=O) groups is 1. The molecule has 0 amide bonds. The topological polar surface area (TPSA) is 56.2 Å². The maximum Gasteiger partial charge on any atom is 0.199 e. The average Bonchev–Trinajstić information content (AvgIpc) is 2.74. The number of ketones is 1. The Balaban J connectivity index is 2.26. The Hall–Kier alpha value is -1.68. The lowest BCUT2D eigenvalue weighted by Crippen LogP contribution is -2.29. The van der Waals surface area contributed by atoms with Gasteiger partial charge in [0.2, 0.25) is 0 Å². The SMILES string of the molecule is CC(C)C(N)CC(=O)c1cc2cccc(F)c2o1. The fourth-order valence-corrected chi connectivity index (χ4v) is 1.72. The van der Waals surface area contributed by atoms with Crippen LogP contribution in [0.1, 0.15) is 30.8 Å². The Morgan fingerprint density at radius 1 is 1.44 bits per heavy atom. The number of hydrogen-bond acceptors (Lipinski definition) is 3. The molecular weight excluding hydrogens is 233 g/mol. The Bertz CT molecular complexity index is 574. The van der Waals surface area contributed by atoms with Crippen molar-refractivity contribution < 1.29 is 13.6 Å². The number of furan rings is 1. The molecule has 0 spiro atoms. The second-order valence-electron chi connectivity index (χ2n) is 4.80. The number of benzene rings is 1. The molecule has 0 saturated heterocycles. The van der Waals surface area contributed by atoms with Crippen LogP contribution in [0.15, 0.2) is 28.7 Å². The van der Waals surface area contributed by atoms with Crippen molar-refractivity contribution in [1.29, 1.82) is 0 Å². The lowest BCUT2D eigenvalue weighted by Gasteiger charge is -2.13. The summed E-state index contributed by atoms with van der Waals surface area (Å²) < 4.78 is 18.7. The number of hydrogen-bond donors (Lipinski definition) is 1. The van der Waals surface area contributed by atoms with Crippen LogP contribution in [0.3, 0.4) is 0 Å². The standard InChI is InChI=1S/C14H16FNO2/c1-8(2)11(16)7-12(17)13-6-9-4-3-5-10(15)14(9)18-13/h3-6,8,11H,7,16H2,1-2H3. The van der Waals surface area contributed by atoms with Gasteiger partial charge in [-0.05, 0) is 18.1 Å². The molecule has 4 heteroatoms. The number of nitrogens with two attached hydrogens (primary N) is 1. The maximum absolute atomic E-state index is 13.4. The van der Waals surface area contributed by atoms with Crippen LogP contribution in [0.25, 0.3) is 11.0 Å². The third-order valence-corrected chi connectivity index (χ3v) is 3.05. The molecule has 0 bridgehead atoms. The van der Waals surface area contributed by atoms with E-state index in [9.17, 15) is 9.18 Å². The highest BCUT2D eigenvalue weighted by atomic mass is 19.1. The van der Waals surface area contributed by atoms with Gasteiger partial charge < -0.3 is 10.2 Å².